The molecule has 0 unspecified atom stereocenters. The van der Waals surface area contributed by atoms with Crippen LogP contribution in [0.3, 0.4) is 0 Å². The molecule has 124 valence electrons. The molecule has 4 aliphatic carbocycles. The summed E-state index contributed by atoms with van der Waals surface area (Å²) in [6.45, 7) is 2.30. The normalized spacial score (nSPS) is 35.4. The molecule has 0 saturated heterocycles. The minimum absolute atomic E-state index is 0.244. The molecule has 0 aromatic rings. The van der Waals surface area contributed by atoms with Gasteiger partial charge in [-0.05, 0) is 62.7 Å². The molecule has 0 spiro atoms. The molecule has 4 rings (SSSR count). The predicted octanol–water partition coefficient (Wildman–Crippen LogP) is 4.26. The van der Waals surface area contributed by atoms with Gasteiger partial charge in [-0.1, -0.05) is 19.8 Å². The Morgan fingerprint density at radius 2 is 1.64 bits per heavy atom. The Balaban J connectivity index is 1.63. The number of hydrogen-bond acceptors (Lipinski definition) is 3. The van der Waals surface area contributed by atoms with Gasteiger partial charge < -0.3 is 9.84 Å². The van der Waals surface area contributed by atoms with Gasteiger partial charge in [0.25, 0.3) is 0 Å². The third-order valence-corrected chi connectivity index (χ3v) is 5.72. The number of unbranched alkanes of at least 4 members (excludes halogenated alkanes) is 2. The van der Waals surface area contributed by atoms with Crippen LogP contribution in [0, 0.1) is 17.8 Å². The van der Waals surface area contributed by atoms with Crippen molar-refractivity contribution in [2.75, 3.05) is 6.54 Å². The number of rotatable bonds is 5. The number of carbonyl (C=O) groups excluding carboxylic acids is 1. The molecule has 5 heteroatoms. The van der Waals surface area contributed by atoms with E-state index in [0.29, 0.717) is 24.2 Å². The predicted molar refractivity (Wildman–Crippen MR) is 81.6 cm³/mol. The van der Waals surface area contributed by atoms with Crippen LogP contribution in [0.15, 0.2) is 0 Å². The lowest BCUT2D eigenvalue weighted by Gasteiger charge is -2.55. The van der Waals surface area contributed by atoms with Crippen LogP contribution >= 0.6 is 0 Å². The van der Waals surface area contributed by atoms with Gasteiger partial charge in [0.1, 0.15) is 5.60 Å². The molecule has 4 aliphatic rings. The van der Waals surface area contributed by atoms with E-state index in [1.165, 1.54) is 19.3 Å². The number of nitrogens with zero attached hydrogens (tertiary/aromatic N) is 1. The maximum atomic E-state index is 12.4. The average Bonchev–Trinajstić information content (AvgIpc) is 2.40. The highest BCUT2D eigenvalue weighted by Crippen LogP contribution is 2.57. The number of imide groups is 1. The zero-order valence-corrected chi connectivity index (χ0v) is 13.4. The minimum Gasteiger partial charge on any atom is -0.465 e. The summed E-state index contributed by atoms with van der Waals surface area (Å²) in [5.41, 5.74) is -0.371. The Kier molecular flexibility index (Phi) is 4.33. The Bertz CT molecular complexity index is 413. The van der Waals surface area contributed by atoms with Crippen LogP contribution in [0.4, 0.5) is 9.59 Å². The second-order valence-corrected chi connectivity index (χ2v) is 7.61. The molecule has 4 bridgehead atoms. The molecule has 5 nitrogen and oxygen atoms in total. The molecular formula is C17H27NO4. The molecule has 22 heavy (non-hydrogen) atoms. The number of carbonyl (C=O) groups is 2. The van der Waals surface area contributed by atoms with Gasteiger partial charge in [-0.2, -0.15) is 0 Å². The van der Waals surface area contributed by atoms with Crippen molar-refractivity contribution in [1.82, 2.24) is 4.90 Å². The summed E-state index contributed by atoms with van der Waals surface area (Å²) in [6, 6.07) is 0. The van der Waals surface area contributed by atoms with Crippen molar-refractivity contribution >= 4 is 12.2 Å². The molecule has 1 N–H and O–H groups in total. The summed E-state index contributed by atoms with van der Waals surface area (Å²) in [5.74, 6) is 2.03. The average molecular weight is 309 g/mol. The SMILES string of the molecule is CCCCCN(C(=O)O)C(=O)OC12CC3CC(CC(C3)C1)C2. The van der Waals surface area contributed by atoms with Gasteiger partial charge in [0.05, 0.1) is 0 Å². The zero-order chi connectivity index (χ0) is 15.7. The fraction of sp³-hybridized carbons (Fsp3) is 0.882. The Labute approximate surface area is 132 Å². The highest BCUT2D eigenvalue weighted by atomic mass is 16.6. The quantitative estimate of drug-likeness (QED) is 0.770. The molecule has 4 fully saturated rings. The van der Waals surface area contributed by atoms with E-state index in [2.05, 4.69) is 6.92 Å². The monoisotopic (exact) mass is 309 g/mol. The van der Waals surface area contributed by atoms with E-state index in [1.807, 2.05) is 0 Å². The highest BCUT2D eigenvalue weighted by Gasteiger charge is 2.53. The Morgan fingerprint density at radius 3 is 2.09 bits per heavy atom. The minimum atomic E-state index is -1.19. The number of ether oxygens (including phenoxy) is 1. The molecule has 0 aliphatic heterocycles. The second kappa shape index (κ2) is 6.09. The van der Waals surface area contributed by atoms with Gasteiger partial charge in [0, 0.05) is 6.54 Å². The summed E-state index contributed by atoms with van der Waals surface area (Å²) in [4.78, 5) is 24.6. The van der Waals surface area contributed by atoms with Gasteiger partial charge in [-0.15, -0.1) is 0 Å². The lowest BCUT2D eigenvalue weighted by molar-refractivity contribution is -0.132. The van der Waals surface area contributed by atoms with Crippen molar-refractivity contribution in [2.45, 2.75) is 70.3 Å². The van der Waals surface area contributed by atoms with Crippen LogP contribution in [0.2, 0.25) is 0 Å². The number of hydrogen-bond donors (Lipinski definition) is 1. The van der Waals surface area contributed by atoms with Gasteiger partial charge in [0.15, 0.2) is 0 Å². The van der Waals surface area contributed by atoms with Crippen molar-refractivity contribution in [3.63, 3.8) is 0 Å². The molecule has 0 aromatic carbocycles. The smallest absolute Gasteiger partial charge is 0.419 e. The first-order valence-electron chi connectivity index (χ1n) is 8.75. The molecule has 2 amide bonds. The van der Waals surface area contributed by atoms with E-state index in [0.717, 1.165) is 37.0 Å². The highest BCUT2D eigenvalue weighted by molar-refractivity contribution is 5.86. The van der Waals surface area contributed by atoms with Crippen molar-refractivity contribution in [1.29, 1.82) is 0 Å². The lowest BCUT2D eigenvalue weighted by atomic mass is 9.54. The van der Waals surface area contributed by atoms with Gasteiger partial charge in [-0.25, -0.2) is 14.5 Å². The Hall–Kier alpha value is -1.26. The van der Waals surface area contributed by atoms with Crippen molar-refractivity contribution in [3.8, 4) is 0 Å². The number of carboxylic acid groups (broad SMARTS) is 1. The van der Waals surface area contributed by atoms with Crippen LogP contribution in [-0.4, -0.2) is 34.3 Å². The first-order chi connectivity index (χ1) is 10.5. The van der Waals surface area contributed by atoms with Crippen LogP contribution in [0.25, 0.3) is 0 Å². The lowest BCUT2D eigenvalue weighted by Crippen LogP contribution is -2.54. The molecule has 0 aromatic heterocycles. The van der Waals surface area contributed by atoms with E-state index >= 15 is 0 Å². The van der Waals surface area contributed by atoms with Crippen molar-refractivity contribution in [2.24, 2.45) is 17.8 Å². The van der Waals surface area contributed by atoms with Gasteiger partial charge in [0.2, 0.25) is 0 Å². The summed E-state index contributed by atoms with van der Waals surface area (Å²) in [6.07, 6.45) is 7.43. The van der Waals surface area contributed by atoms with Crippen LogP contribution in [0.5, 0.6) is 0 Å². The standard InChI is InChI=1S/C17H27NO4/c1-2-3-4-5-18(15(19)20)16(21)22-17-9-12-6-13(10-17)8-14(7-12)11-17/h12-14H,2-11H2,1H3,(H,19,20). The summed E-state index contributed by atoms with van der Waals surface area (Å²) >= 11 is 0. The topological polar surface area (TPSA) is 66.8 Å². The van der Waals surface area contributed by atoms with E-state index in [4.69, 9.17) is 4.74 Å². The van der Waals surface area contributed by atoms with E-state index < -0.39 is 12.2 Å². The maximum Gasteiger partial charge on any atom is 0.419 e. The second-order valence-electron chi connectivity index (χ2n) is 7.61. The Morgan fingerprint density at radius 1 is 1.09 bits per heavy atom. The van der Waals surface area contributed by atoms with Crippen LogP contribution in [-0.2, 0) is 4.74 Å². The van der Waals surface area contributed by atoms with Gasteiger partial charge in [-0.3, -0.25) is 0 Å². The van der Waals surface area contributed by atoms with E-state index in [1.54, 1.807) is 0 Å². The summed E-state index contributed by atoms with van der Waals surface area (Å²) < 4.78 is 5.81. The van der Waals surface area contributed by atoms with E-state index in [-0.39, 0.29) is 12.1 Å². The van der Waals surface area contributed by atoms with E-state index in [9.17, 15) is 14.7 Å². The molecule has 0 atom stereocenters. The van der Waals surface area contributed by atoms with Crippen molar-refractivity contribution < 1.29 is 19.4 Å². The first kappa shape index (κ1) is 15.6. The maximum absolute atomic E-state index is 12.4. The fourth-order valence-corrected chi connectivity index (χ4v) is 5.18. The first-order valence-corrected chi connectivity index (χ1v) is 8.75. The van der Waals surface area contributed by atoms with Crippen LogP contribution in [0.1, 0.15) is 64.7 Å². The van der Waals surface area contributed by atoms with Crippen molar-refractivity contribution in [3.05, 3.63) is 0 Å². The largest absolute Gasteiger partial charge is 0.465 e. The third kappa shape index (κ3) is 3.08. The molecular weight excluding hydrogens is 282 g/mol. The molecule has 0 heterocycles. The fourth-order valence-electron chi connectivity index (χ4n) is 5.18. The summed E-state index contributed by atoms with van der Waals surface area (Å²) in [7, 11) is 0. The molecule has 0 radical (unpaired) electrons. The number of amides is 2. The molecule has 4 saturated carbocycles. The third-order valence-electron chi connectivity index (χ3n) is 5.72. The summed E-state index contributed by atoms with van der Waals surface area (Å²) in [5, 5.41) is 9.28. The zero-order valence-electron chi connectivity index (χ0n) is 13.4. The van der Waals surface area contributed by atoms with Gasteiger partial charge >= 0.3 is 12.2 Å². The van der Waals surface area contributed by atoms with Crippen LogP contribution < -0.4 is 0 Å².